The third-order valence-electron chi connectivity index (χ3n) is 4.69. The normalized spacial score (nSPS) is 20.3. The summed E-state index contributed by atoms with van der Waals surface area (Å²) in [5.41, 5.74) is 6.73. The summed E-state index contributed by atoms with van der Waals surface area (Å²) in [5.74, 6) is 0.0893. The zero-order chi connectivity index (χ0) is 17.5. The van der Waals surface area contributed by atoms with Crippen molar-refractivity contribution in [2.45, 2.75) is 44.9 Å². The van der Waals surface area contributed by atoms with E-state index in [-0.39, 0.29) is 18.2 Å². The van der Waals surface area contributed by atoms with Gasteiger partial charge in [0.2, 0.25) is 5.91 Å². The Hall–Kier alpha value is -2.37. The third-order valence-corrected chi connectivity index (χ3v) is 4.69. The molecule has 2 rings (SSSR count). The second-order valence-electron chi connectivity index (χ2n) is 6.56. The lowest BCUT2D eigenvalue weighted by Gasteiger charge is -2.27. The van der Waals surface area contributed by atoms with Crippen LogP contribution in [0.4, 0.5) is 5.69 Å². The van der Waals surface area contributed by atoms with Gasteiger partial charge in [-0.1, -0.05) is 12.8 Å². The monoisotopic (exact) mass is 331 g/mol. The van der Waals surface area contributed by atoms with Crippen LogP contribution >= 0.6 is 0 Å². The average Bonchev–Trinajstić information content (AvgIpc) is 2.54. The lowest BCUT2D eigenvalue weighted by molar-refractivity contribution is -0.138. The highest BCUT2D eigenvalue weighted by atomic mass is 16.4. The van der Waals surface area contributed by atoms with Crippen LogP contribution in [0.3, 0.4) is 0 Å². The third kappa shape index (κ3) is 5.68. The first kappa shape index (κ1) is 18.0. The molecular formula is C18H25N3O3. The predicted molar refractivity (Wildman–Crippen MR) is 93.0 cm³/mol. The number of nitrogens with one attached hydrogen (secondary N) is 2. The maximum atomic E-state index is 12.0. The molecule has 0 heterocycles. The molecule has 1 amide bonds. The molecule has 1 aliphatic rings. The molecule has 6 heteroatoms. The Morgan fingerprint density at radius 2 is 1.71 bits per heavy atom. The Labute approximate surface area is 141 Å². The smallest absolute Gasteiger partial charge is 0.303 e. The number of rotatable bonds is 7. The SMILES string of the molecule is N=C(N)c1ccc(NC(=O)CCC2CCC(CC(=O)O)CC2)cc1. The number of amides is 1. The Morgan fingerprint density at radius 3 is 2.25 bits per heavy atom. The number of carboxylic acid groups (broad SMARTS) is 1. The summed E-state index contributed by atoms with van der Waals surface area (Å²) in [5, 5.41) is 19.0. The van der Waals surface area contributed by atoms with Crippen molar-refractivity contribution >= 4 is 23.4 Å². The van der Waals surface area contributed by atoms with Crippen LogP contribution in [0.1, 0.15) is 50.5 Å². The van der Waals surface area contributed by atoms with E-state index in [2.05, 4.69) is 5.32 Å². The Balaban J connectivity index is 1.70. The first-order valence-electron chi connectivity index (χ1n) is 8.40. The highest BCUT2D eigenvalue weighted by Gasteiger charge is 2.23. The number of benzene rings is 1. The summed E-state index contributed by atoms with van der Waals surface area (Å²) in [7, 11) is 0. The fourth-order valence-corrected chi connectivity index (χ4v) is 3.26. The van der Waals surface area contributed by atoms with Gasteiger partial charge >= 0.3 is 5.97 Å². The first-order valence-corrected chi connectivity index (χ1v) is 8.40. The molecule has 1 saturated carbocycles. The van der Waals surface area contributed by atoms with Crippen LogP contribution < -0.4 is 11.1 Å². The van der Waals surface area contributed by atoms with Crippen molar-refractivity contribution in [1.82, 2.24) is 0 Å². The average molecular weight is 331 g/mol. The molecule has 130 valence electrons. The van der Waals surface area contributed by atoms with Crippen LogP contribution in [0, 0.1) is 17.2 Å². The van der Waals surface area contributed by atoms with E-state index in [9.17, 15) is 9.59 Å². The molecule has 1 aromatic rings. The molecule has 5 N–H and O–H groups in total. The molecule has 1 aromatic carbocycles. The Morgan fingerprint density at radius 1 is 1.12 bits per heavy atom. The number of amidine groups is 1. The number of hydrogen-bond acceptors (Lipinski definition) is 3. The van der Waals surface area contributed by atoms with Gasteiger partial charge in [-0.15, -0.1) is 0 Å². The molecule has 1 fully saturated rings. The molecule has 1 aliphatic carbocycles. The Kier molecular flexibility index (Phi) is 6.35. The minimum absolute atomic E-state index is 0.00590. The number of nitrogens with two attached hydrogens (primary N) is 1. The zero-order valence-corrected chi connectivity index (χ0v) is 13.8. The number of aliphatic carboxylic acids is 1. The van der Waals surface area contributed by atoms with Gasteiger partial charge in [-0.3, -0.25) is 15.0 Å². The van der Waals surface area contributed by atoms with Gasteiger partial charge in [-0.25, -0.2) is 0 Å². The van der Waals surface area contributed by atoms with Crippen LogP contribution in [0.15, 0.2) is 24.3 Å². The van der Waals surface area contributed by atoms with E-state index in [1.165, 1.54) is 0 Å². The number of nitrogen functional groups attached to an aromatic ring is 1. The van der Waals surface area contributed by atoms with Crippen molar-refractivity contribution in [2.24, 2.45) is 17.6 Å². The fraction of sp³-hybridized carbons (Fsp3) is 0.500. The van der Waals surface area contributed by atoms with Gasteiger partial charge in [-0.2, -0.15) is 0 Å². The Bertz CT molecular complexity index is 590. The van der Waals surface area contributed by atoms with Crippen LogP contribution in [0.5, 0.6) is 0 Å². The van der Waals surface area contributed by atoms with Gasteiger partial charge in [-0.05, 0) is 55.4 Å². The second kappa shape index (κ2) is 8.47. The van der Waals surface area contributed by atoms with Crippen molar-refractivity contribution in [3.05, 3.63) is 29.8 Å². The summed E-state index contributed by atoms with van der Waals surface area (Å²) >= 11 is 0. The number of carbonyl (C=O) groups excluding carboxylic acids is 1. The van der Waals surface area contributed by atoms with Crippen molar-refractivity contribution in [2.75, 3.05) is 5.32 Å². The van der Waals surface area contributed by atoms with E-state index in [4.69, 9.17) is 16.2 Å². The molecule has 0 bridgehead atoms. The van der Waals surface area contributed by atoms with E-state index in [1.54, 1.807) is 24.3 Å². The van der Waals surface area contributed by atoms with Crippen LogP contribution in [-0.2, 0) is 9.59 Å². The number of carboxylic acids is 1. The minimum Gasteiger partial charge on any atom is -0.481 e. The molecule has 0 aromatic heterocycles. The number of anilines is 1. The van der Waals surface area contributed by atoms with Gasteiger partial charge in [0.25, 0.3) is 0 Å². The van der Waals surface area contributed by atoms with Gasteiger partial charge in [0, 0.05) is 24.1 Å². The van der Waals surface area contributed by atoms with Gasteiger partial charge in [0.05, 0.1) is 0 Å². The number of carbonyl (C=O) groups is 2. The van der Waals surface area contributed by atoms with E-state index < -0.39 is 5.97 Å². The molecule has 6 nitrogen and oxygen atoms in total. The maximum Gasteiger partial charge on any atom is 0.303 e. The quantitative estimate of drug-likeness (QED) is 0.454. The van der Waals surface area contributed by atoms with Crippen molar-refractivity contribution in [1.29, 1.82) is 5.41 Å². The lowest BCUT2D eigenvalue weighted by Crippen LogP contribution is -2.19. The highest BCUT2D eigenvalue weighted by Crippen LogP contribution is 2.33. The molecule has 0 aliphatic heterocycles. The summed E-state index contributed by atoms with van der Waals surface area (Å²) in [4.78, 5) is 22.8. The molecular weight excluding hydrogens is 306 g/mol. The summed E-state index contributed by atoms with van der Waals surface area (Å²) in [6, 6.07) is 6.90. The first-order chi connectivity index (χ1) is 11.4. The van der Waals surface area contributed by atoms with E-state index >= 15 is 0 Å². The second-order valence-corrected chi connectivity index (χ2v) is 6.56. The predicted octanol–water partition coefficient (Wildman–Crippen LogP) is 2.97. The van der Waals surface area contributed by atoms with E-state index in [1.807, 2.05) is 0 Å². The van der Waals surface area contributed by atoms with Crippen molar-refractivity contribution in [3.63, 3.8) is 0 Å². The molecule has 0 radical (unpaired) electrons. The minimum atomic E-state index is -0.714. The van der Waals surface area contributed by atoms with Gasteiger partial charge in [0.15, 0.2) is 0 Å². The molecule has 0 atom stereocenters. The van der Waals surface area contributed by atoms with E-state index in [0.29, 0.717) is 29.5 Å². The zero-order valence-electron chi connectivity index (χ0n) is 13.8. The maximum absolute atomic E-state index is 12.0. The molecule has 0 saturated heterocycles. The van der Waals surface area contributed by atoms with Crippen LogP contribution in [-0.4, -0.2) is 22.8 Å². The molecule has 0 spiro atoms. The number of hydrogen-bond donors (Lipinski definition) is 4. The highest BCUT2D eigenvalue weighted by molar-refractivity contribution is 5.96. The summed E-state index contributed by atoms with van der Waals surface area (Å²) < 4.78 is 0. The van der Waals surface area contributed by atoms with E-state index in [0.717, 1.165) is 32.1 Å². The van der Waals surface area contributed by atoms with Gasteiger partial charge in [0.1, 0.15) is 5.84 Å². The fourth-order valence-electron chi connectivity index (χ4n) is 3.26. The summed E-state index contributed by atoms with van der Waals surface area (Å²) in [6.45, 7) is 0. The molecule has 0 unspecified atom stereocenters. The van der Waals surface area contributed by atoms with Crippen molar-refractivity contribution < 1.29 is 14.7 Å². The topological polar surface area (TPSA) is 116 Å². The molecule has 24 heavy (non-hydrogen) atoms. The van der Waals surface area contributed by atoms with Crippen molar-refractivity contribution in [3.8, 4) is 0 Å². The van der Waals surface area contributed by atoms with Gasteiger partial charge < -0.3 is 16.2 Å². The summed E-state index contributed by atoms with van der Waals surface area (Å²) in [6.07, 6.45) is 5.51. The lowest BCUT2D eigenvalue weighted by atomic mass is 9.79. The van der Waals surface area contributed by atoms with Crippen LogP contribution in [0.2, 0.25) is 0 Å². The van der Waals surface area contributed by atoms with Crippen LogP contribution in [0.25, 0.3) is 0 Å². The largest absolute Gasteiger partial charge is 0.481 e. The standard InChI is InChI=1S/C18H25N3O3/c19-18(20)14-6-8-15(9-7-14)21-16(22)10-5-12-1-3-13(4-2-12)11-17(23)24/h6-9,12-13H,1-5,10-11H2,(H3,19,20)(H,21,22)(H,23,24).